The zero-order valence-corrected chi connectivity index (χ0v) is 11.1. The van der Waals surface area contributed by atoms with E-state index in [1.165, 1.54) is 5.56 Å². The summed E-state index contributed by atoms with van der Waals surface area (Å²) in [6.07, 6.45) is 1.04. The third-order valence-corrected chi connectivity index (χ3v) is 3.50. The number of hydrogen-bond acceptors (Lipinski definition) is 1. The molecular weight excluding hydrogens is 276 g/mol. The molecular formula is C15H15BrO. The first-order valence-corrected chi connectivity index (χ1v) is 6.50. The summed E-state index contributed by atoms with van der Waals surface area (Å²) in [5.41, 5.74) is 2.32. The Morgan fingerprint density at radius 1 is 0.882 bits per heavy atom. The van der Waals surface area contributed by atoms with Gasteiger partial charge in [-0.3, -0.25) is 0 Å². The molecule has 0 saturated carbocycles. The van der Waals surface area contributed by atoms with E-state index < -0.39 is 0 Å². The summed E-state index contributed by atoms with van der Waals surface area (Å²) in [6.45, 7) is 0. The summed E-state index contributed by atoms with van der Waals surface area (Å²) < 4.78 is 1.06. The number of hydrogen-bond donors (Lipinski definition) is 1. The van der Waals surface area contributed by atoms with Crippen molar-refractivity contribution in [3.05, 3.63) is 70.2 Å². The van der Waals surface area contributed by atoms with Gasteiger partial charge in [0.25, 0.3) is 0 Å². The van der Waals surface area contributed by atoms with E-state index in [1.54, 1.807) is 0 Å². The Morgan fingerprint density at radius 2 is 1.53 bits per heavy atom. The Morgan fingerprint density at radius 3 is 2.24 bits per heavy atom. The third kappa shape index (κ3) is 3.69. The second kappa shape index (κ2) is 5.99. The molecule has 2 heteroatoms. The molecule has 2 rings (SSSR count). The van der Waals surface area contributed by atoms with Crippen LogP contribution in [0.3, 0.4) is 0 Å². The molecule has 17 heavy (non-hydrogen) atoms. The van der Waals surface area contributed by atoms with Crippen LogP contribution in [0.15, 0.2) is 59.1 Å². The van der Waals surface area contributed by atoms with Crippen LogP contribution in [0.2, 0.25) is 0 Å². The van der Waals surface area contributed by atoms with Gasteiger partial charge in [-0.1, -0.05) is 64.5 Å². The standard InChI is InChI=1S/C15H15BrO/c16-15-9-5-4-8-13(15)11-14(17)10-12-6-2-1-3-7-12/h1-9,14,17H,10-11H2. The van der Waals surface area contributed by atoms with Crippen molar-refractivity contribution in [2.24, 2.45) is 0 Å². The van der Waals surface area contributed by atoms with Gasteiger partial charge < -0.3 is 5.11 Å². The van der Waals surface area contributed by atoms with Gasteiger partial charge in [0.05, 0.1) is 6.10 Å². The quantitative estimate of drug-likeness (QED) is 0.912. The van der Waals surface area contributed by atoms with Crippen LogP contribution < -0.4 is 0 Å². The highest BCUT2D eigenvalue weighted by molar-refractivity contribution is 9.10. The fourth-order valence-electron chi connectivity index (χ4n) is 1.88. The first kappa shape index (κ1) is 12.3. The maximum absolute atomic E-state index is 10.1. The summed E-state index contributed by atoms with van der Waals surface area (Å²) in [7, 11) is 0. The lowest BCUT2D eigenvalue weighted by Crippen LogP contribution is -2.14. The van der Waals surface area contributed by atoms with Gasteiger partial charge in [0.2, 0.25) is 0 Å². The summed E-state index contributed by atoms with van der Waals surface area (Å²) in [6, 6.07) is 18.1. The van der Waals surface area contributed by atoms with Crippen molar-refractivity contribution in [3.63, 3.8) is 0 Å². The Hall–Kier alpha value is -1.12. The first-order valence-electron chi connectivity index (χ1n) is 5.71. The highest BCUT2D eigenvalue weighted by atomic mass is 79.9. The molecule has 0 aliphatic carbocycles. The molecule has 1 N–H and O–H groups in total. The molecule has 2 aromatic carbocycles. The maximum Gasteiger partial charge on any atom is 0.0621 e. The molecule has 0 heterocycles. The SMILES string of the molecule is OC(Cc1ccccc1)Cc1ccccc1Br. The second-order valence-electron chi connectivity index (χ2n) is 4.14. The van der Waals surface area contributed by atoms with Gasteiger partial charge in [-0.25, -0.2) is 0 Å². The lowest BCUT2D eigenvalue weighted by molar-refractivity contribution is 0.175. The van der Waals surface area contributed by atoms with Gasteiger partial charge in [0.15, 0.2) is 0 Å². The van der Waals surface area contributed by atoms with Crippen molar-refractivity contribution in [2.75, 3.05) is 0 Å². The molecule has 2 aromatic rings. The predicted molar refractivity (Wildman–Crippen MR) is 74.0 cm³/mol. The van der Waals surface area contributed by atoms with Crippen molar-refractivity contribution in [1.82, 2.24) is 0 Å². The number of rotatable bonds is 4. The van der Waals surface area contributed by atoms with Crippen LogP contribution in [0.1, 0.15) is 11.1 Å². The van der Waals surface area contributed by atoms with Gasteiger partial charge in [0, 0.05) is 4.47 Å². The van der Waals surface area contributed by atoms with E-state index in [4.69, 9.17) is 0 Å². The number of halogens is 1. The topological polar surface area (TPSA) is 20.2 Å². The van der Waals surface area contributed by atoms with E-state index >= 15 is 0 Å². The van der Waals surface area contributed by atoms with Crippen LogP contribution in [0.25, 0.3) is 0 Å². The number of aliphatic hydroxyl groups is 1. The molecule has 0 radical (unpaired) electrons. The van der Waals surface area contributed by atoms with Crippen LogP contribution in [0.4, 0.5) is 0 Å². The van der Waals surface area contributed by atoms with Crippen molar-refractivity contribution in [2.45, 2.75) is 18.9 Å². The molecule has 1 atom stereocenters. The fourth-order valence-corrected chi connectivity index (χ4v) is 2.32. The zero-order chi connectivity index (χ0) is 12.1. The minimum absolute atomic E-state index is 0.337. The Balaban J connectivity index is 1.98. The Labute approximate surface area is 110 Å². The van der Waals surface area contributed by atoms with Crippen molar-refractivity contribution in [3.8, 4) is 0 Å². The lowest BCUT2D eigenvalue weighted by Gasteiger charge is -2.11. The number of aliphatic hydroxyl groups excluding tert-OH is 1. The van der Waals surface area contributed by atoms with E-state index in [0.717, 1.165) is 10.0 Å². The second-order valence-corrected chi connectivity index (χ2v) is 4.99. The molecule has 0 aromatic heterocycles. The van der Waals surface area contributed by atoms with Gasteiger partial charge >= 0.3 is 0 Å². The molecule has 0 fully saturated rings. The van der Waals surface area contributed by atoms with E-state index in [0.29, 0.717) is 12.8 Å². The van der Waals surface area contributed by atoms with Crippen LogP contribution in [-0.4, -0.2) is 11.2 Å². The molecule has 0 spiro atoms. The van der Waals surface area contributed by atoms with E-state index in [9.17, 15) is 5.11 Å². The van der Waals surface area contributed by atoms with Crippen molar-refractivity contribution in [1.29, 1.82) is 0 Å². The Bertz CT molecular complexity index is 467. The third-order valence-electron chi connectivity index (χ3n) is 2.73. The molecule has 0 amide bonds. The minimum Gasteiger partial charge on any atom is -0.392 e. The summed E-state index contributed by atoms with van der Waals surface area (Å²) in [4.78, 5) is 0. The van der Waals surface area contributed by atoms with Crippen molar-refractivity contribution >= 4 is 15.9 Å². The smallest absolute Gasteiger partial charge is 0.0621 e. The van der Waals surface area contributed by atoms with E-state index in [1.807, 2.05) is 54.6 Å². The van der Waals surface area contributed by atoms with E-state index in [2.05, 4.69) is 15.9 Å². The van der Waals surface area contributed by atoms with Crippen LogP contribution in [0.5, 0.6) is 0 Å². The molecule has 0 aliphatic rings. The average molecular weight is 291 g/mol. The van der Waals surface area contributed by atoms with Gasteiger partial charge in [0.1, 0.15) is 0 Å². The molecule has 1 unspecified atom stereocenters. The fraction of sp³-hybridized carbons (Fsp3) is 0.200. The van der Waals surface area contributed by atoms with Crippen LogP contribution >= 0.6 is 15.9 Å². The maximum atomic E-state index is 10.1. The summed E-state index contributed by atoms with van der Waals surface area (Å²) in [5.74, 6) is 0. The van der Waals surface area contributed by atoms with Crippen LogP contribution in [-0.2, 0) is 12.8 Å². The number of benzene rings is 2. The van der Waals surface area contributed by atoms with Gasteiger partial charge in [-0.2, -0.15) is 0 Å². The average Bonchev–Trinajstić information content (AvgIpc) is 2.33. The normalized spacial score (nSPS) is 12.4. The predicted octanol–water partition coefficient (Wildman–Crippen LogP) is 3.60. The molecule has 88 valence electrons. The molecule has 1 nitrogen and oxygen atoms in total. The molecule has 0 aliphatic heterocycles. The van der Waals surface area contributed by atoms with E-state index in [-0.39, 0.29) is 6.10 Å². The Kier molecular flexibility index (Phi) is 4.35. The van der Waals surface area contributed by atoms with Gasteiger partial charge in [-0.15, -0.1) is 0 Å². The zero-order valence-electron chi connectivity index (χ0n) is 9.51. The molecule has 0 saturated heterocycles. The largest absolute Gasteiger partial charge is 0.392 e. The molecule has 0 bridgehead atoms. The van der Waals surface area contributed by atoms with Gasteiger partial charge in [-0.05, 0) is 30.0 Å². The highest BCUT2D eigenvalue weighted by Gasteiger charge is 2.08. The summed E-state index contributed by atoms with van der Waals surface area (Å²) >= 11 is 3.50. The summed E-state index contributed by atoms with van der Waals surface area (Å²) in [5, 5.41) is 10.1. The monoisotopic (exact) mass is 290 g/mol. The highest BCUT2D eigenvalue weighted by Crippen LogP contribution is 2.18. The first-order chi connectivity index (χ1) is 8.25. The van der Waals surface area contributed by atoms with Crippen molar-refractivity contribution < 1.29 is 5.11 Å². The minimum atomic E-state index is -0.337. The lowest BCUT2D eigenvalue weighted by atomic mass is 10.0. The van der Waals surface area contributed by atoms with Crippen LogP contribution in [0, 0.1) is 0 Å².